The van der Waals surface area contributed by atoms with E-state index in [4.69, 9.17) is 4.98 Å². The van der Waals surface area contributed by atoms with Crippen LogP contribution in [-0.4, -0.2) is 49.3 Å². The SMILES string of the molecule is CC(C)(C)C(=O)N1CCc2c(nc3cc(C4CCCN4C(=O)C4CCC4)[nH]n3c2=O)C1. The van der Waals surface area contributed by atoms with Crippen LogP contribution in [0.15, 0.2) is 10.9 Å². The van der Waals surface area contributed by atoms with Gasteiger partial charge in [0, 0.05) is 36.1 Å². The van der Waals surface area contributed by atoms with Gasteiger partial charge in [-0.2, -0.15) is 0 Å². The quantitative estimate of drug-likeness (QED) is 0.800. The molecule has 0 aromatic carbocycles. The van der Waals surface area contributed by atoms with Crippen LogP contribution in [0.4, 0.5) is 0 Å². The maximum Gasteiger partial charge on any atom is 0.276 e. The number of hydrogen-bond acceptors (Lipinski definition) is 4. The average molecular weight is 426 g/mol. The molecule has 31 heavy (non-hydrogen) atoms. The molecule has 4 heterocycles. The van der Waals surface area contributed by atoms with Crippen molar-refractivity contribution in [3.05, 3.63) is 33.4 Å². The van der Waals surface area contributed by atoms with E-state index in [9.17, 15) is 14.4 Å². The van der Waals surface area contributed by atoms with E-state index in [1.54, 1.807) is 4.90 Å². The molecule has 2 amide bonds. The highest BCUT2D eigenvalue weighted by molar-refractivity contribution is 5.82. The number of H-pyrrole nitrogens is 1. The van der Waals surface area contributed by atoms with Crippen LogP contribution in [0.3, 0.4) is 0 Å². The Balaban J connectivity index is 1.46. The van der Waals surface area contributed by atoms with Gasteiger partial charge >= 0.3 is 0 Å². The summed E-state index contributed by atoms with van der Waals surface area (Å²) in [6, 6.07) is 1.88. The maximum absolute atomic E-state index is 13.2. The van der Waals surface area contributed by atoms with Crippen molar-refractivity contribution in [3.8, 4) is 0 Å². The molecule has 1 N–H and O–H groups in total. The zero-order chi connectivity index (χ0) is 21.9. The molecule has 5 rings (SSSR count). The maximum atomic E-state index is 13.2. The Morgan fingerprint density at radius 3 is 2.58 bits per heavy atom. The zero-order valence-electron chi connectivity index (χ0n) is 18.6. The lowest BCUT2D eigenvalue weighted by Gasteiger charge is -2.32. The highest BCUT2D eigenvalue weighted by atomic mass is 16.2. The van der Waals surface area contributed by atoms with Crippen molar-refractivity contribution >= 4 is 17.5 Å². The lowest BCUT2D eigenvalue weighted by molar-refractivity contribution is -0.140. The molecular weight excluding hydrogens is 394 g/mol. The Hall–Kier alpha value is -2.64. The number of aromatic nitrogens is 3. The van der Waals surface area contributed by atoms with Crippen LogP contribution in [-0.2, 0) is 22.6 Å². The number of aromatic amines is 1. The Labute approximate surface area is 181 Å². The molecule has 2 aromatic heterocycles. The number of carbonyl (C=O) groups excluding carboxylic acids is 2. The van der Waals surface area contributed by atoms with Gasteiger partial charge in [-0.1, -0.05) is 27.2 Å². The predicted octanol–water partition coefficient (Wildman–Crippen LogP) is 2.42. The summed E-state index contributed by atoms with van der Waals surface area (Å²) in [4.78, 5) is 47.3. The van der Waals surface area contributed by atoms with Gasteiger partial charge in [-0.25, -0.2) is 9.50 Å². The Kier molecular flexibility index (Phi) is 4.71. The summed E-state index contributed by atoms with van der Waals surface area (Å²) < 4.78 is 1.51. The van der Waals surface area contributed by atoms with Crippen LogP contribution in [0.5, 0.6) is 0 Å². The molecule has 0 radical (unpaired) electrons. The second-order valence-electron chi connectivity index (χ2n) is 10.3. The van der Waals surface area contributed by atoms with Gasteiger partial charge in [0.1, 0.15) is 0 Å². The van der Waals surface area contributed by atoms with Gasteiger partial charge in [0.15, 0.2) is 5.65 Å². The molecule has 8 nitrogen and oxygen atoms in total. The van der Waals surface area contributed by atoms with Crippen LogP contribution in [0, 0.1) is 11.3 Å². The first-order valence-electron chi connectivity index (χ1n) is 11.5. The molecule has 2 aliphatic heterocycles. The minimum Gasteiger partial charge on any atom is -0.336 e. The molecular formula is C23H31N5O3. The first kappa shape index (κ1) is 20.3. The van der Waals surface area contributed by atoms with Gasteiger partial charge in [-0.3, -0.25) is 19.5 Å². The van der Waals surface area contributed by atoms with E-state index in [2.05, 4.69) is 5.10 Å². The minimum absolute atomic E-state index is 0.0230. The van der Waals surface area contributed by atoms with Crippen molar-refractivity contribution in [1.29, 1.82) is 0 Å². The van der Waals surface area contributed by atoms with E-state index in [0.29, 0.717) is 36.4 Å². The van der Waals surface area contributed by atoms with Gasteiger partial charge in [0.05, 0.1) is 24.0 Å². The van der Waals surface area contributed by atoms with Crippen LogP contribution in [0.1, 0.15) is 75.9 Å². The summed E-state index contributed by atoms with van der Waals surface area (Å²) >= 11 is 0. The molecule has 2 aromatic rings. The van der Waals surface area contributed by atoms with Crippen molar-refractivity contribution in [1.82, 2.24) is 24.4 Å². The zero-order valence-corrected chi connectivity index (χ0v) is 18.6. The summed E-state index contributed by atoms with van der Waals surface area (Å²) in [6.45, 7) is 7.41. The Morgan fingerprint density at radius 1 is 1.13 bits per heavy atom. The number of likely N-dealkylation sites (tertiary alicyclic amines) is 1. The fourth-order valence-corrected chi connectivity index (χ4v) is 5.07. The van der Waals surface area contributed by atoms with E-state index in [0.717, 1.165) is 44.3 Å². The number of nitrogens with one attached hydrogen (secondary N) is 1. The minimum atomic E-state index is -0.461. The summed E-state index contributed by atoms with van der Waals surface area (Å²) in [5, 5.41) is 3.24. The molecule has 1 aliphatic carbocycles. The number of nitrogens with zero attached hydrogens (tertiary/aromatic N) is 4. The van der Waals surface area contributed by atoms with Crippen LogP contribution < -0.4 is 5.56 Å². The smallest absolute Gasteiger partial charge is 0.276 e. The third-order valence-electron chi connectivity index (χ3n) is 7.06. The lowest BCUT2D eigenvalue weighted by Crippen LogP contribution is -2.44. The van der Waals surface area contributed by atoms with Crippen molar-refractivity contribution < 1.29 is 9.59 Å². The van der Waals surface area contributed by atoms with E-state index in [1.807, 2.05) is 31.7 Å². The van der Waals surface area contributed by atoms with Crippen molar-refractivity contribution in [2.45, 2.75) is 71.9 Å². The molecule has 1 saturated heterocycles. The number of rotatable bonds is 2. The highest BCUT2D eigenvalue weighted by Gasteiger charge is 2.37. The van der Waals surface area contributed by atoms with E-state index >= 15 is 0 Å². The summed E-state index contributed by atoms with van der Waals surface area (Å²) in [5.74, 6) is 0.499. The largest absolute Gasteiger partial charge is 0.336 e. The number of hydrogen-bond donors (Lipinski definition) is 1. The third-order valence-corrected chi connectivity index (χ3v) is 7.06. The molecule has 3 aliphatic rings. The standard InChI is InChI=1S/C23H31N5O3/c1-23(2,3)22(31)26-11-9-15-17(13-26)24-19-12-16(25-28(19)21(15)30)18-8-5-10-27(18)20(29)14-6-4-7-14/h12,14,18,25H,4-11,13H2,1-3H3. The van der Waals surface area contributed by atoms with E-state index < -0.39 is 5.41 Å². The average Bonchev–Trinajstić information content (AvgIpc) is 3.31. The van der Waals surface area contributed by atoms with E-state index in [1.165, 1.54) is 4.52 Å². The third kappa shape index (κ3) is 3.36. The van der Waals surface area contributed by atoms with Crippen LogP contribution in [0.2, 0.25) is 0 Å². The second-order valence-corrected chi connectivity index (χ2v) is 10.3. The molecule has 1 unspecified atom stereocenters. The fraction of sp³-hybridized carbons (Fsp3) is 0.652. The van der Waals surface area contributed by atoms with Gasteiger partial charge in [0.2, 0.25) is 11.8 Å². The summed E-state index contributed by atoms with van der Waals surface area (Å²) in [5.41, 5.74) is 2.25. The first-order valence-corrected chi connectivity index (χ1v) is 11.5. The number of carbonyl (C=O) groups is 2. The molecule has 1 saturated carbocycles. The summed E-state index contributed by atoms with van der Waals surface area (Å²) in [6.07, 6.45) is 5.50. The van der Waals surface area contributed by atoms with Gasteiger partial charge in [-0.15, -0.1) is 0 Å². The molecule has 0 bridgehead atoms. The fourth-order valence-electron chi connectivity index (χ4n) is 5.07. The van der Waals surface area contributed by atoms with E-state index in [-0.39, 0.29) is 29.3 Å². The van der Waals surface area contributed by atoms with Crippen LogP contribution >= 0.6 is 0 Å². The highest BCUT2D eigenvalue weighted by Crippen LogP contribution is 2.37. The molecule has 166 valence electrons. The number of fused-ring (bicyclic) bond motifs is 2. The summed E-state index contributed by atoms with van der Waals surface area (Å²) in [7, 11) is 0. The van der Waals surface area contributed by atoms with Gasteiger partial charge in [-0.05, 0) is 32.1 Å². The monoisotopic (exact) mass is 425 g/mol. The lowest BCUT2D eigenvalue weighted by atomic mass is 9.84. The Morgan fingerprint density at radius 2 is 1.90 bits per heavy atom. The molecule has 2 fully saturated rings. The molecule has 1 atom stereocenters. The molecule has 8 heteroatoms. The normalized spacial score (nSPS) is 22.0. The van der Waals surface area contributed by atoms with Crippen LogP contribution in [0.25, 0.3) is 5.65 Å². The topological polar surface area (TPSA) is 90.8 Å². The van der Waals surface area contributed by atoms with Gasteiger partial charge in [0.25, 0.3) is 5.56 Å². The first-order chi connectivity index (χ1) is 14.7. The number of amides is 2. The van der Waals surface area contributed by atoms with Gasteiger partial charge < -0.3 is 9.80 Å². The van der Waals surface area contributed by atoms with Crippen molar-refractivity contribution in [2.24, 2.45) is 11.3 Å². The predicted molar refractivity (Wildman–Crippen MR) is 115 cm³/mol. The molecule has 0 spiro atoms. The van der Waals surface area contributed by atoms with Crippen molar-refractivity contribution in [3.63, 3.8) is 0 Å². The van der Waals surface area contributed by atoms with Crippen molar-refractivity contribution in [2.75, 3.05) is 13.1 Å². The second kappa shape index (κ2) is 7.21. The Bertz CT molecular complexity index is 1100.